The minimum atomic E-state index is -2.65. The van der Waals surface area contributed by atoms with Gasteiger partial charge >= 0.3 is 6.09 Å². The number of pyridine rings is 1. The molecule has 4 atom stereocenters. The summed E-state index contributed by atoms with van der Waals surface area (Å²) >= 11 is 0. The number of hydrogen-bond acceptors (Lipinski definition) is 3. The van der Waals surface area contributed by atoms with Crippen LogP contribution in [0.15, 0.2) is 48.7 Å². The van der Waals surface area contributed by atoms with Gasteiger partial charge < -0.3 is 10.1 Å². The van der Waals surface area contributed by atoms with Gasteiger partial charge in [0, 0.05) is 30.5 Å². The number of carbonyl (C=O) groups excluding carboxylic acids is 1. The number of nitrogens with zero attached hydrogens (tertiary/aromatic N) is 1. The Labute approximate surface area is 178 Å². The Kier molecular flexibility index (Phi) is 4.79. The molecule has 2 heterocycles. The molecule has 1 aliphatic heterocycles. The topological polar surface area (TPSA) is 51.2 Å². The van der Waals surface area contributed by atoms with Gasteiger partial charge in [-0.1, -0.05) is 24.3 Å². The van der Waals surface area contributed by atoms with Crippen LogP contribution in [0.2, 0.25) is 0 Å². The van der Waals surface area contributed by atoms with Gasteiger partial charge in [0.2, 0.25) is 5.92 Å². The zero-order chi connectivity index (χ0) is 21.6. The zero-order valence-electron chi connectivity index (χ0n) is 16.9. The highest BCUT2D eigenvalue weighted by molar-refractivity contribution is 5.70. The van der Waals surface area contributed by atoms with Crippen LogP contribution in [0.3, 0.4) is 0 Å². The minimum absolute atomic E-state index is 0.0511. The number of halogens is 3. The number of hydrogen-bond donors (Lipinski definition) is 1. The van der Waals surface area contributed by atoms with Gasteiger partial charge in [-0.2, -0.15) is 0 Å². The molecular formula is C24H23F3N2O2. The average Bonchev–Trinajstić information content (AvgIpc) is 3.24. The summed E-state index contributed by atoms with van der Waals surface area (Å²) < 4.78 is 47.1. The summed E-state index contributed by atoms with van der Waals surface area (Å²) in [5.74, 6) is -3.21. The van der Waals surface area contributed by atoms with Crippen molar-refractivity contribution in [2.75, 3.05) is 6.54 Å². The quantitative estimate of drug-likeness (QED) is 0.707. The van der Waals surface area contributed by atoms with Gasteiger partial charge in [0.1, 0.15) is 11.4 Å². The van der Waals surface area contributed by atoms with Crippen LogP contribution in [0.1, 0.15) is 31.4 Å². The molecule has 1 amide bonds. The molecule has 0 unspecified atom stereocenters. The molecule has 7 heteroatoms. The van der Waals surface area contributed by atoms with E-state index in [-0.39, 0.29) is 36.4 Å². The molecule has 31 heavy (non-hydrogen) atoms. The third-order valence-electron chi connectivity index (χ3n) is 6.93. The second-order valence-electron chi connectivity index (χ2n) is 8.90. The number of alkyl carbamates (subject to hydrolysis) is 1. The second-order valence-corrected chi connectivity index (χ2v) is 8.90. The van der Waals surface area contributed by atoms with E-state index in [4.69, 9.17) is 4.74 Å². The Bertz CT molecular complexity index is 1020. The van der Waals surface area contributed by atoms with Crippen LogP contribution >= 0.6 is 0 Å². The standard InChI is InChI=1S/C24H23F3N2O2/c25-18-3-1-2-15(10-18)16-4-5-19(28-13-16)6-7-21-20-8-9-24(26,27)12-17(20)11-23(21)14-29-22(30)31-23/h1-7,10,13,17,20-21H,8-9,11-12,14H2,(H,29,30)/t17-,20-,21+,23+/m1/s1. The first-order valence-corrected chi connectivity index (χ1v) is 10.6. The molecule has 0 radical (unpaired) electrons. The van der Waals surface area contributed by atoms with Crippen molar-refractivity contribution in [2.24, 2.45) is 17.8 Å². The van der Waals surface area contributed by atoms with E-state index in [0.717, 1.165) is 11.1 Å². The Balaban J connectivity index is 1.39. The average molecular weight is 428 g/mol. The number of amides is 1. The van der Waals surface area contributed by atoms with Crippen LogP contribution in [0.5, 0.6) is 0 Å². The van der Waals surface area contributed by atoms with Gasteiger partial charge in [0.25, 0.3) is 0 Å². The number of alkyl halides is 2. The van der Waals surface area contributed by atoms with Crippen molar-refractivity contribution in [3.8, 4) is 11.1 Å². The number of ether oxygens (including phenoxy) is 1. The molecule has 1 spiro atoms. The molecule has 2 aromatic rings. The van der Waals surface area contributed by atoms with Crippen molar-refractivity contribution in [3.63, 3.8) is 0 Å². The number of benzene rings is 1. The fourth-order valence-electron chi connectivity index (χ4n) is 5.56. The lowest BCUT2D eigenvalue weighted by Gasteiger charge is -2.34. The molecule has 1 aromatic heterocycles. The monoisotopic (exact) mass is 428 g/mol. The first-order chi connectivity index (χ1) is 14.8. The molecular weight excluding hydrogens is 405 g/mol. The highest BCUT2D eigenvalue weighted by Crippen LogP contribution is 2.56. The van der Waals surface area contributed by atoms with Crippen LogP contribution < -0.4 is 5.32 Å². The van der Waals surface area contributed by atoms with Crippen molar-refractivity contribution in [1.82, 2.24) is 10.3 Å². The van der Waals surface area contributed by atoms with Crippen LogP contribution in [0.4, 0.5) is 18.0 Å². The third kappa shape index (κ3) is 3.82. The lowest BCUT2D eigenvalue weighted by Crippen LogP contribution is -2.38. The smallest absolute Gasteiger partial charge is 0.407 e. The molecule has 2 aliphatic carbocycles. The summed E-state index contributed by atoms with van der Waals surface area (Å²) in [7, 11) is 0. The van der Waals surface area contributed by atoms with Crippen LogP contribution in [0.25, 0.3) is 17.2 Å². The highest BCUT2D eigenvalue weighted by Gasteiger charge is 2.60. The molecule has 4 nitrogen and oxygen atoms in total. The number of nitrogens with one attached hydrogen (secondary N) is 1. The molecule has 1 saturated heterocycles. The number of carbonyl (C=O) groups is 1. The maximum Gasteiger partial charge on any atom is 0.407 e. The third-order valence-corrected chi connectivity index (χ3v) is 6.93. The molecule has 1 N–H and O–H groups in total. The fourth-order valence-corrected chi connectivity index (χ4v) is 5.56. The molecule has 3 aliphatic rings. The zero-order valence-corrected chi connectivity index (χ0v) is 16.9. The van der Waals surface area contributed by atoms with Crippen molar-refractivity contribution < 1.29 is 22.7 Å². The predicted molar refractivity (Wildman–Crippen MR) is 110 cm³/mol. The normalized spacial score (nSPS) is 31.6. The summed E-state index contributed by atoms with van der Waals surface area (Å²) in [6, 6.07) is 10.0. The lowest BCUT2D eigenvalue weighted by molar-refractivity contribution is -0.0659. The maximum atomic E-state index is 14.0. The second kappa shape index (κ2) is 7.39. The first kappa shape index (κ1) is 20.1. The van der Waals surface area contributed by atoms with Gasteiger partial charge in [-0.3, -0.25) is 4.98 Å². The largest absolute Gasteiger partial charge is 0.440 e. The van der Waals surface area contributed by atoms with Gasteiger partial charge in [-0.25, -0.2) is 18.0 Å². The molecule has 162 valence electrons. The van der Waals surface area contributed by atoms with Gasteiger partial charge in [0.15, 0.2) is 0 Å². The van der Waals surface area contributed by atoms with Crippen molar-refractivity contribution >= 4 is 12.2 Å². The number of aromatic nitrogens is 1. The Morgan fingerprint density at radius 1 is 1.16 bits per heavy atom. The molecule has 3 fully saturated rings. The van der Waals surface area contributed by atoms with Crippen LogP contribution in [-0.2, 0) is 4.74 Å². The SMILES string of the molecule is O=C1NC[C@]2(C[C@@H]3CC(F)(F)CC[C@H]3[C@@H]2C=Cc2ccc(-c3cccc(F)c3)cn2)O1. The van der Waals surface area contributed by atoms with Crippen molar-refractivity contribution in [2.45, 2.75) is 37.2 Å². The summed E-state index contributed by atoms with van der Waals surface area (Å²) in [4.78, 5) is 16.3. The van der Waals surface area contributed by atoms with E-state index >= 15 is 0 Å². The highest BCUT2D eigenvalue weighted by atomic mass is 19.3. The maximum absolute atomic E-state index is 14.0. The Morgan fingerprint density at radius 3 is 2.74 bits per heavy atom. The number of fused-ring (bicyclic) bond motifs is 1. The lowest BCUT2D eigenvalue weighted by atomic mass is 9.75. The minimum Gasteiger partial charge on any atom is -0.440 e. The summed E-state index contributed by atoms with van der Waals surface area (Å²) in [5.41, 5.74) is 1.48. The van der Waals surface area contributed by atoms with E-state index in [1.54, 1.807) is 12.3 Å². The van der Waals surface area contributed by atoms with E-state index in [0.29, 0.717) is 25.1 Å². The molecule has 5 rings (SSSR count). The van der Waals surface area contributed by atoms with E-state index in [1.165, 1.54) is 12.1 Å². The van der Waals surface area contributed by atoms with Gasteiger partial charge in [-0.05, 0) is 54.5 Å². The van der Waals surface area contributed by atoms with E-state index in [1.807, 2.05) is 30.4 Å². The Hall–Kier alpha value is -2.83. The van der Waals surface area contributed by atoms with Crippen molar-refractivity contribution in [3.05, 3.63) is 60.2 Å². The summed E-state index contributed by atoms with van der Waals surface area (Å²) in [6.45, 7) is 0.339. The summed E-state index contributed by atoms with van der Waals surface area (Å²) in [5, 5.41) is 2.71. The first-order valence-electron chi connectivity index (χ1n) is 10.6. The van der Waals surface area contributed by atoms with Crippen LogP contribution in [-0.4, -0.2) is 29.1 Å². The van der Waals surface area contributed by atoms with Gasteiger partial charge in [0.05, 0.1) is 12.2 Å². The predicted octanol–water partition coefficient (Wildman–Crippen LogP) is 5.45. The Morgan fingerprint density at radius 2 is 2.03 bits per heavy atom. The molecule has 1 aromatic carbocycles. The van der Waals surface area contributed by atoms with E-state index in [2.05, 4.69) is 10.3 Å². The fraction of sp³-hybridized carbons (Fsp3) is 0.417. The molecule has 2 saturated carbocycles. The molecule has 0 bridgehead atoms. The van der Waals surface area contributed by atoms with Gasteiger partial charge in [-0.15, -0.1) is 0 Å². The van der Waals surface area contributed by atoms with Crippen LogP contribution in [0, 0.1) is 23.6 Å². The van der Waals surface area contributed by atoms with E-state index < -0.39 is 17.6 Å². The summed E-state index contributed by atoms with van der Waals surface area (Å²) in [6.07, 6.45) is 5.62. The number of rotatable bonds is 3. The van der Waals surface area contributed by atoms with Crippen molar-refractivity contribution in [1.29, 1.82) is 0 Å². The van der Waals surface area contributed by atoms with E-state index in [9.17, 15) is 18.0 Å².